The summed E-state index contributed by atoms with van der Waals surface area (Å²) in [6.07, 6.45) is 5.24. The summed E-state index contributed by atoms with van der Waals surface area (Å²) >= 11 is 10.2. The third kappa shape index (κ3) is 3.05. The van der Waals surface area contributed by atoms with Gasteiger partial charge in [-0.15, -0.1) is 0 Å². The molecule has 1 aromatic heterocycles. The van der Waals surface area contributed by atoms with Crippen molar-refractivity contribution in [2.45, 2.75) is 6.42 Å². The van der Waals surface area contributed by atoms with E-state index in [2.05, 4.69) is 17.8 Å². The SMILES string of the molecule is O=C(N(S)CCc1ccccc1Cl)n1ccnc1. The predicted molar refractivity (Wildman–Crippen MR) is 73.9 cm³/mol. The molecule has 0 spiro atoms. The molecule has 0 fully saturated rings. The molecule has 0 N–H and O–H groups in total. The van der Waals surface area contributed by atoms with E-state index in [0.717, 1.165) is 5.56 Å². The number of benzene rings is 1. The maximum Gasteiger partial charge on any atom is 0.339 e. The summed E-state index contributed by atoms with van der Waals surface area (Å²) in [4.78, 5) is 15.7. The number of imidazole rings is 1. The first-order valence-electron chi connectivity index (χ1n) is 5.40. The van der Waals surface area contributed by atoms with Gasteiger partial charge in [-0.2, -0.15) is 0 Å². The van der Waals surface area contributed by atoms with Crippen LogP contribution in [0.3, 0.4) is 0 Å². The fraction of sp³-hybridized carbons (Fsp3) is 0.167. The van der Waals surface area contributed by atoms with Gasteiger partial charge in [-0.25, -0.2) is 9.78 Å². The highest BCUT2D eigenvalue weighted by Gasteiger charge is 2.11. The van der Waals surface area contributed by atoms with Crippen LogP contribution in [0.25, 0.3) is 0 Å². The van der Waals surface area contributed by atoms with Crippen molar-refractivity contribution in [3.63, 3.8) is 0 Å². The van der Waals surface area contributed by atoms with Gasteiger partial charge < -0.3 is 0 Å². The van der Waals surface area contributed by atoms with Crippen molar-refractivity contribution in [3.05, 3.63) is 53.6 Å². The third-order valence-electron chi connectivity index (χ3n) is 2.50. The van der Waals surface area contributed by atoms with Crippen LogP contribution in [0.4, 0.5) is 4.79 Å². The van der Waals surface area contributed by atoms with Gasteiger partial charge in [-0.05, 0) is 18.1 Å². The number of halogens is 1. The number of hydrogen-bond donors (Lipinski definition) is 1. The molecule has 0 aliphatic carbocycles. The summed E-state index contributed by atoms with van der Waals surface area (Å²) in [5.74, 6) is 0. The monoisotopic (exact) mass is 281 g/mol. The standard InChI is InChI=1S/C12H12ClN3OS/c13-11-4-2-1-3-10(11)5-7-16(18)12(17)15-8-6-14-9-15/h1-4,6,8-9,18H,5,7H2. The van der Waals surface area contributed by atoms with Crippen LogP contribution in [-0.4, -0.2) is 26.4 Å². The number of rotatable bonds is 3. The smallest absolute Gasteiger partial charge is 0.270 e. The number of thiol groups is 1. The van der Waals surface area contributed by atoms with Crippen molar-refractivity contribution in [3.8, 4) is 0 Å². The lowest BCUT2D eigenvalue weighted by Crippen LogP contribution is -2.27. The Kier molecular flexibility index (Phi) is 4.28. The average Bonchev–Trinajstić information content (AvgIpc) is 2.90. The summed E-state index contributed by atoms with van der Waals surface area (Å²) in [7, 11) is 0. The third-order valence-corrected chi connectivity index (χ3v) is 3.24. The van der Waals surface area contributed by atoms with E-state index in [1.54, 1.807) is 12.4 Å². The normalized spacial score (nSPS) is 10.3. The molecule has 0 bridgehead atoms. The molecule has 18 heavy (non-hydrogen) atoms. The molecule has 1 amide bonds. The molecule has 0 radical (unpaired) electrons. The lowest BCUT2D eigenvalue weighted by molar-refractivity contribution is 0.228. The number of nitrogens with zero attached hydrogens (tertiary/aromatic N) is 3. The summed E-state index contributed by atoms with van der Waals surface area (Å²) in [6, 6.07) is 7.33. The molecule has 2 rings (SSSR count). The van der Waals surface area contributed by atoms with Crippen LogP contribution in [0.2, 0.25) is 5.02 Å². The van der Waals surface area contributed by atoms with Crippen LogP contribution < -0.4 is 0 Å². The topological polar surface area (TPSA) is 38.1 Å². The van der Waals surface area contributed by atoms with Gasteiger partial charge >= 0.3 is 6.03 Å². The Morgan fingerprint density at radius 1 is 1.44 bits per heavy atom. The highest BCUT2D eigenvalue weighted by molar-refractivity contribution is 7.78. The first-order valence-corrected chi connectivity index (χ1v) is 6.18. The van der Waals surface area contributed by atoms with Gasteiger partial charge in [0.1, 0.15) is 6.33 Å². The molecule has 0 saturated heterocycles. The van der Waals surface area contributed by atoms with Crippen molar-refractivity contribution in [1.82, 2.24) is 13.9 Å². The zero-order valence-electron chi connectivity index (χ0n) is 9.53. The zero-order valence-corrected chi connectivity index (χ0v) is 11.2. The first-order chi connectivity index (χ1) is 8.68. The molecule has 0 aliphatic heterocycles. The Morgan fingerprint density at radius 3 is 2.89 bits per heavy atom. The van der Waals surface area contributed by atoms with Crippen molar-refractivity contribution >= 4 is 30.4 Å². The molecule has 0 unspecified atom stereocenters. The van der Waals surface area contributed by atoms with Crippen LogP contribution in [0.1, 0.15) is 5.56 Å². The van der Waals surface area contributed by atoms with Crippen molar-refractivity contribution in [2.24, 2.45) is 0 Å². The fourth-order valence-electron chi connectivity index (χ4n) is 1.53. The zero-order chi connectivity index (χ0) is 13.0. The maximum atomic E-state index is 11.9. The van der Waals surface area contributed by atoms with Crippen LogP contribution >= 0.6 is 24.4 Å². The summed E-state index contributed by atoms with van der Waals surface area (Å²) in [5.41, 5.74) is 0.997. The molecule has 4 nitrogen and oxygen atoms in total. The quantitative estimate of drug-likeness (QED) is 0.879. The fourth-order valence-corrected chi connectivity index (χ4v) is 1.96. The summed E-state index contributed by atoms with van der Waals surface area (Å²) < 4.78 is 2.71. The Hall–Kier alpha value is -1.46. The van der Waals surface area contributed by atoms with E-state index in [1.165, 1.54) is 15.2 Å². The molecular formula is C12H12ClN3OS. The van der Waals surface area contributed by atoms with E-state index < -0.39 is 0 Å². The van der Waals surface area contributed by atoms with E-state index in [1.807, 2.05) is 24.3 Å². The van der Waals surface area contributed by atoms with E-state index in [4.69, 9.17) is 11.6 Å². The van der Waals surface area contributed by atoms with Crippen LogP contribution in [0.15, 0.2) is 43.0 Å². The molecule has 94 valence electrons. The number of hydrogen-bond acceptors (Lipinski definition) is 3. The van der Waals surface area contributed by atoms with E-state index in [-0.39, 0.29) is 6.03 Å². The van der Waals surface area contributed by atoms with Crippen molar-refractivity contribution in [1.29, 1.82) is 0 Å². The Labute approximate surface area is 116 Å². The Morgan fingerprint density at radius 2 is 2.22 bits per heavy atom. The predicted octanol–water partition coefficient (Wildman–Crippen LogP) is 2.89. The minimum atomic E-state index is -0.233. The minimum Gasteiger partial charge on any atom is -0.270 e. The van der Waals surface area contributed by atoms with Gasteiger partial charge in [0.2, 0.25) is 0 Å². The second-order valence-corrected chi connectivity index (χ2v) is 4.61. The number of amides is 1. The molecule has 1 heterocycles. The molecule has 0 saturated carbocycles. The van der Waals surface area contributed by atoms with Crippen molar-refractivity contribution < 1.29 is 4.79 Å². The van der Waals surface area contributed by atoms with Gasteiger partial charge in [0.15, 0.2) is 0 Å². The highest BCUT2D eigenvalue weighted by Crippen LogP contribution is 2.16. The largest absolute Gasteiger partial charge is 0.339 e. The Bertz CT molecular complexity index is 530. The van der Waals surface area contributed by atoms with Gasteiger partial charge in [0, 0.05) is 24.0 Å². The maximum absolute atomic E-state index is 11.9. The highest BCUT2D eigenvalue weighted by atomic mass is 35.5. The van der Waals surface area contributed by atoms with E-state index in [9.17, 15) is 4.79 Å². The van der Waals surface area contributed by atoms with E-state index in [0.29, 0.717) is 18.0 Å². The van der Waals surface area contributed by atoms with Crippen LogP contribution in [0, 0.1) is 0 Å². The molecule has 2 aromatic rings. The average molecular weight is 282 g/mol. The molecule has 0 atom stereocenters. The second-order valence-electron chi connectivity index (χ2n) is 3.72. The van der Waals surface area contributed by atoms with Gasteiger partial charge in [-0.3, -0.25) is 8.87 Å². The lowest BCUT2D eigenvalue weighted by atomic mass is 10.1. The van der Waals surface area contributed by atoms with Gasteiger partial charge in [0.05, 0.1) is 0 Å². The first kappa shape index (κ1) is 13.0. The number of carbonyl (C=O) groups is 1. The lowest BCUT2D eigenvalue weighted by Gasteiger charge is -2.15. The summed E-state index contributed by atoms with van der Waals surface area (Å²) in [5, 5.41) is 0.703. The van der Waals surface area contributed by atoms with Gasteiger partial charge in [-0.1, -0.05) is 42.6 Å². The summed E-state index contributed by atoms with van der Waals surface area (Å²) in [6.45, 7) is 0.476. The Balaban J connectivity index is 1.95. The number of aromatic nitrogens is 2. The molecule has 0 aliphatic rings. The number of carbonyl (C=O) groups excluding carboxylic acids is 1. The molecular weight excluding hydrogens is 270 g/mol. The van der Waals surface area contributed by atoms with Gasteiger partial charge in [0.25, 0.3) is 0 Å². The molecule has 1 aromatic carbocycles. The van der Waals surface area contributed by atoms with Crippen LogP contribution in [0.5, 0.6) is 0 Å². The minimum absolute atomic E-state index is 0.233. The van der Waals surface area contributed by atoms with E-state index >= 15 is 0 Å². The van der Waals surface area contributed by atoms with Crippen molar-refractivity contribution in [2.75, 3.05) is 6.54 Å². The second kappa shape index (κ2) is 5.93. The molecule has 6 heteroatoms. The van der Waals surface area contributed by atoms with Crippen LogP contribution in [-0.2, 0) is 6.42 Å².